The zero-order valence-electron chi connectivity index (χ0n) is 11.7. The molecule has 108 valence electrons. The topological polar surface area (TPSA) is 59.2 Å². The van der Waals surface area contributed by atoms with E-state index in [4.69, 9.17) is 4.52 Å². The Morgan fingerprint density at radius 2 is 1.95 bits per heavy atom. The van der Waals surface area contributed by atoms with Crippen LogP contribution in [0.2, 0.25) is 0 Å². The van der Waals surface area contributed by atoms with E-state index in [1.807, 2.05) is 35.2 Å². The second-order valence-corrected chi connectivity index (χ2v) is 5.86. The standard InChI is InChI=1S/C16H17N3O2/c20-14-9-12(10-19(14)13-7-2-1-3-8-13)15-17-16(21-18-15)11-5-4-6-11/h1-3,7-8,11-12H,4-6,9-10H2/t12-/m1/s1. The molecule has 1 amide bonds. The lowest BCUT2D eigenvalue weighted by Gasteiger charge is -2.20. The first kappa shape index (κ1) is 12.6. The maximum Gasteiger partial charge on any atom is 0.229 e. The van der Waals surface area contributed by atoms with Crippen LogP contribution in [0.4, 0.5) is 5.69 Å². The van der Waals surface area contributed by atoms with Gasteiger partial charge in [-0.1, -0.05) is 29.8 Å². The number of nitrogens with zero attached hydrogens (tertiary/aromatic N) is 3. The van der Waals surface area contributed by atoms with Crippen LogP contribution in [0.15, 0.2) is 34.9 Å². The van der Waals surface area contributed by atoms with E-state index in [1.165, 1.54) is 6.42 Å². The molecule has 1 saturated carbocycles. The summed E-state index contributed by atoms with van der Waals surface area (Å²) in [5, 5.41) is 4.10. The largest absolute Gasteiger partial charge is 0.339 e. The van der Waals surface area contributed by atoms with E-state index < -0.39 is 0 Å². The minimum atomic E-state index is 0.0373. The van der Waals surface area contributed by atoms with Crippen molar-refractivity contribution in [3.8, 4) is 0 Å². The highest BCUT2D eigenvalue weighted by molar-refractivity contribution is 5.96. The van der Waals surface area contributed by atoms with Crippen LogP contribution in [-0.2, 0) is 4.79 Å². The number of aromatic nitrogens is 2. The highest BCUT2D eigenvalue weighted by Crippen LogP contribution is 2.37. The van der Waals surface area contributed by atoms with Crippen molar-refractivity contribution >= 4 is 11.6 Å². The van der Waals surface area contributed by atoms with Crippen LogP contribution >= 0.6 is 0 Å². The number of para-hydroxylation sites is 1. The maximum absolute atomic E-state index is 12.2. The van der Waals surface area contributed by atoms with Gasteiger partial charge >= 0.3 is 0 Å². The number of hydrogen-bond acceptors (Lipinski definition) is 4. The predicted octanol–water partition coefficient (Wildman–Crippen LogP) is 2.86. The second-order valence-electron chi connectivity index (χ2n) is 5.86. The lowest BCUT2D eigenvalue weighted by atomic mass is 9.85. The summed E-state index contributed by atoms with van der Waals surface area (Å²) in [5.41, 5.74) is 0.938. The molecule has 21 heavy (non-hydrogen) atoms. The third-order valence-electron chi connectivity index (χ3n) is 4.47. The van der Waals surface area contributed by atoms with Crippen LogP contribution in [0, 0.1) is 0 Å². The van der Waals surface area contributed by atoms with Crippen LogP contribution in [0.25, 0.3) is 0 Å². The fourth-order valence-electron chi connectivity index (χ4n) is 2.97. The average molecular weight is 283 g/mol. The molecule has 2 heterocycles. The number of carbonyl (C=O) groups is 1. The van der Waals surface area contributed by atoms with Crippen molar-refractivity contribution in [1.82, 2.24) is 10.1 Å². The fourth-order valence-corrected chi connectivity index (χ4v) is 2.97. The summed E-state index contributed by atoms with van der Waals surface area (Å²) in [6, 6.07) is 9.75. The first-order valence-electron chi connectivity index (χ1n) is 7.50. The van der Waals surface area contributed by atoms with Gasteiger partial charge in [-0.05, 0) is 25.0 Å². The van der Waals surface area contributed by atoms with E-state index in [0.717, 1.165) is 24.4 Å². The van der Waals surface area contributed by atoms with Gasteiger partial charge < -0.3 is 9.42 Å². The van der Waals surface area contributed by atoms with Crippen LogP contribution in [0.5, 0.6) is 0 Å². The van der Waals surface area contributed by atoms with E-state index in [9.17, 15) is 4.79 Å². The molecule has 0 unspecified atom stereocenters. The molecule has 5 nitrogen and oxygen atoms in total. The third kappa shape index (κ3) is 2.22. The second kappa shape index (κ2) is 4.98. The van der Waals surface area contributed by atoms with Gasteiger partial charge in [0.2, 0.25) is 11.8 Å². The Labute approximate surface area is 123 Å². The first-order valence-corrected chi connectivity index (χ1v) is 7.50. The normalized spacial score (nSPS) is 22.6. The van der Waals surface area contributed by atoms with Crippen molar-refractivity contribution < 1.29 is 9.32 Å². The van der Waals surface area contributed by atoms with Crippen LogP contribution in [-0.4, -0.2) is 22.6 Å². The zero-order chi connectivity index (χ0) is 14.2. The van der Waals surface area contributed by atoms with Gasteiger partial charge in [0, 0.05) is 30.5 Å². The summed E-state index contributed by atoms with van der Waals surface area (Å²) in [5.74, 6) is 2.04. The van der Waals surface area contributed by atoms with Gasteiger partial charge in [0.05, 0.1) is 0 Å². The van der Waals surface area contributed by atoms with Crippen molar-refractivity contribution in [2.45, 2.75) is 37.5 Å². The molecule has 0 N–H and O–H groups in total. The van der Waals surface area contributed by atoms with Gasteiger partial charge in [0.25, 0.3) is 0 Å². The minimum absolute atomic E-state index is 0.0373. The Balaban J connectivity index is 1.52. The summed E-state index contributed by atoms with van der Waals surface area (Å²) < 4.78 is 5.37. The predicted molar refractivity (Wildman–Crippen MR) is 77.0 cm³/mol. The molecule has 4 rings (SSSR count). The summed E-state index contributed by atoms with van der Waals surface area (Å²) >= 11 is 0. The molecule has 1 aromatic heterocycles. The summed E-state index contributed by atoms with van der Waals surface area (Å²) in [6.45, 7) is 0.631. The van der Waals surface area contributed by atoms with Crippen molar-refractivity contribution in [2.75, 3.05) is 11.4 Å². The molecule has 0 bridgehead atoms. The summed E-state index contributed by atoms with van der Waals surface area (Å²) in [7, 11) is 0. The van der Waals surface area contributed by atoms with Gasteiger partial charge in [-0.3, -0.25) is 4.79 Å². The van der Waals surface area contributed by atoms with Crippen LogP contribution < -0.4 is 4.90 Å². The molecular formula is C16H17N3O2. The lowest BCUT2D eigenvalue weighted by Crippen LogP contribution is -2.24. The number of amides is 1. The monoisotopic (exact) mass is 283 g/mol. The van der Waals surface area contributed by atoms with Crippen molar-refractivity contribution in [3.63, 3.8) is 0 Å². The summed E-state index contributed by atoms with van der Waals surface area (Å²) in [4.78, 5) is 18.5. The molecule has 1 aliphatic heterocycles. The van der Waals surface area contributed by atoms with Gasteiger partial charge in [0.15, 0.2) is 5.82 Å². The highest BCUT2D eigenvalue weighted by Gasteiger charge is 2.35. The number of hydrogen-bond donors (Lipinski definition) is 0. The molecule has 1 atom stereocenters. The molecule has 1 aliphatic carbocycles. The Morgan fingerprint density at radius 1 is 1.14 bits per heavy atom. The number of rotatable bonds is 3. The quantitative estimate of drug-likeness (QED) is 0.869. The molecule has 2 aromatic rings. The van der Waals surface area contributed by atoms with Gasteiger partial charge in [-0.15, -0.1) is 0 Å². The Kier molecular flexibility index (Phi) is 2.98. The lowest BCUT2D eigenvalue weighted by molar-refractivity contribution is -0.117. The van der Waals surface area contributed by atoms with E-state index >= 15 is 0 Å². The van der Waals surface area contributed by atoms with E-state index in [2.05, 4.69) is 10.1 Å². The third-order valence-corrected chi connectivity index (χ3v) is 4.47. The van der Waals surface area contributed by atoms with Gasteiger partial charge in [-0.25, -0.2) is 0 Å². The fraction of sp³-hybridized carbons (Fsp3) is 0.438. The van der Waals surface area contributed by atoms with Crippen molar-refractivity contribution in [3.05, 3.63) is 42.0 Å². The first-order chi connectivity index (χ1) is 10.3. The molecule has 5 heteroatoms. The molecule has 0 spiro atoms. The highest BCUT2D eigenvalue weighted by atomic mass is 16.5. The number of anilines is 1. The van der Waals surface area contributed by atoms with E-state index in [1.54, 1.807) is 0 Å². The van der Waals surface area contributed by atoms with Gasteiger partial charge in [-0.2, -0.15) is 4.98 Å². The van der Waals surface area contributed by atoms with Gasteiger partial charge in [0.1, 0.15) is 0 Å². The molecule has 2 aliphatic rings. The Morgan fingerprint density at radius 3 is 2.67 bits per heavy atom. The van der Waals surface area contributed by atoms with Crippen molar-refractivity contribution in [2.24, 2.45) is 0 Å². The summed E-state index contributed by atoms with van der Waals surface area (Å²) in [6.07, 6.45) is 3.98. The van der Waals surface area contributed by atoms with Crippen LogP contribution in [0.3, 0.4) is 0 Å². The molecule has 0 radical (unpaired) electrons. The average Bonchev–Trinajstić information content (AvgIpc) is 3.05. The van der Waals surface area contributed by atoms with E-state index in [0.29, 0.717) is 24.7 Å². The minimum Gasteiger partial charge on any atom is -0.339 e. The van der Waals surface area contributed by atoms with Crippen LogP contribution in [0.1, 0.15) is 49.2 Å². The Bertz CT molecular complexity index is 649. The zero-order valence-corrected chi connectivity index (χ0v) is 11.7. The smallest absolute Gasteiger partial charge is 0.229 e. The van der Waals surface area contributed by atoms with Crippen molar-refractivity contribution in [1.29, 1.82) is 0 Å². The molecular weight excluding hydrogens is 266 g/mol. The molecule has 1 saturated heterocycles. The number of carbonyl (C=O) groups excluding carboxylic acids is 1. The molecule has 2 fully saturated rings. The SMILES string of the molecule is O=C1C[C@@H](c2noc(C3CCC3)n2)CN1c1ccccc1. The van der Waals surface area contributed by atoms with E-state index in [-0.39, 0.29) is 11.8 Å². The Hall–Kier alpha value is -2.17. The maximum atomic E-state index is 12.2. The molecule has 1 aromatic carbocycles. The number of benzene rings is 1.